The Labute approximate surface area is 818 Å². The van der Waals surface area contributed by atoms with Gasteiger partial charge in [0.1, 0.15) is 134 Å². The molecule has 42 heteroatoms. The number of H-pyrrole nitrogens is 4. The van der Waals surface area contributed by atoms with Crippen molar-refractivity contribution in [2.24, 2.45) is 11.8 Å². The number of rotatable bonds is 18. The normalized spacial score (nSPS) is 25.0. The molecule has 0 spiro atoms. The average molecular weight is 2490 g/mol. The minimum absolute atomic E-state index is 0. The van der Waals surface area contributed by atoms with Crippen LogP contribution in [-0.4, -0.2) is 275 Å². The zero-order chi connectivity index (χ0) is 94.2. The first-order valence-corrected chi connectivity index (χ1v) is 59.1. The van der Waals surface area contributed by atoms with Crippen molar-refractivity contribution in [3.63, 3.8) is 0 Å². The number of nitrogens with one attached hydrogen (secondary N) is 5. The predicted molar refractivity (Wildman–Crippen MR) is 517 cm³/mol. The molecule has 0 radical (unpaired) electrons. The van der Waals surface area contributed by atoms with Crippen LogP contribution in [0, 0.1) is 11.8 Å². The van der Waals surface area contributed by atoms with E-state index in [0.717, 1.165) is 11.1 Å². The van der Waals surface area contributed by atoms with Crippen molar-refractivity contribution in [2.75, 3.05) is 47.7 Å². The van der Waals surface area contributed by atoms with Crippen molar-refractivity contribution >= 4 is 178 Å². The number of esters is 4. The number of carbonyl (C=O) groups excluding carboxylic acids is 5. The summed E-state index contributed by atoms with van der Waals surface area (Å²) in [6.45, 7) is 5.39. The van der Waals surface area contributed by atoms with Crippen molar-refractivity contribution in [3.05, 3.63) is 214 Å². The topological polar surface area (TPSA) is 566 Å². The molecule has 16 rings (SSSR count). The minimum Gasteiger partial charge on any atom is -0.478 e. The van der Waals surface area contributed by atoms with E-state index in [1.165, 1.54) is 40.2 Å². The number of carboxylic acids is 1. The maximum Gasteiger partial charge on any atom is 0.335 e. The van der Waals surface area contributed by atoms with E-state index in [0.29, 0.717) is 131 Å². The number of benzene rings is 8. The summed E-state index contributed by atoms with van der Waals surface area (Å²) in [6.07, 6.45) is -19.9. The Hall–Kier alpha value is -7.80. The molecule has 4 fully saturated rings. The maximum absolute atomic E-state index is 11.9. The van der Waals surface area contributed by atoms with E-state index in [9.17, 15) is 90.0 Å². The number of hydrogen-bond donors (Lipinski definition) is 18. The first kappa shape index (κ1) is 105. The van der Waals surface area contributed by atoms with Crippen molar-refractivity contribution < 1.29 is 146 Å². The van der Waals surface area contributed by atoms with Crippen LogP contribution in [0.4, 0.5) is 0 Å². The molecule has 0 saturated carbocycles. The molecule has 702 valence electrons. The van der Waals surface area contributed by atoms with E-state index in [1.54, 1.807) is 128 Å². The summed E-state index contributed by atoms with van der Waals surface area (Å²) in [7, 11) is 4.22. The number of ether oxygens (including phenoxy) is 8. The molecule has 12 aromatic rings. The van der Waals surface area contributed by atoms with Crippen LogP contribution in [0.25, 0.3) is 89.7 Å². The molecule has 1 amide bonds. The van der Waals surface area contributed by atoms with Gasteiger partial charge in [-0.25, -0.2) is 34.3 Å². The van der Waals surface area contributed by atoms with Crippen molar-refractivity contribution in [1.29, 1.82) is 0 Å². The van der Waals surface area contributed by atoms with Gasteiger partial charge in [0.25, 0.3) is 5.91 Å². The SMILES string of the molecule is CNC(=O)c1ccc2nc(-c3cccc([C@H]4O[C@H](CO)[C@@H](O)[C@H](O)[C@@H]4O)c3)[nH]c2c1.COC(=O)c1ccc2nc(-c3cccc([C@H]4O[C@H](CO)[C@@H](O)[C@H](O)[C@@H]4O)c3)[nH]c2c1.COC(=O)c1ccc2nc(-c3cccc([C@H]4O[C@H](COC(C)=O)[C@@H](C)[C@H](C)[C@@H]4OC(C)=O)c3)[nH]c2c1.I.II.I[I-]I.O=C(O)c1ccc2nc(-c3cccc([C@H]4O[C@H](CO)[C@@H](O)[C@H](O)[C@@H]4O)c3)[nH]c2c1. The van der Waals surface area contributed by atoms with Gasteiger partial charge >= 0.3 is 80.3 Å². The van der Waals surface area contributed by atoms with Gasteiger partial charge in [-0.15, -0.1) is 24.0 Å². The quantitative estimate of drug-likeness (QED) is 0.0249. The van der Waals surface area contributed by atoms with Gasteiger partial charge in [-0.2, -0.15) is 0 Å². The first-order chi connectivity index (χ1) is 62.3. The number of aromatic nitrogens is 8. The second-order valence-corrected chi connectivity index (χ2v) is 46.9. The van der Waals surface area contributed by atoms with E-state index in [2.05, 4.69) is 120 Å². The molecular weight excluding hydrogens is 2390 g/mol. The standard InChI is InChI=1S/C27H30N2O7.C21H23N3O6.C21H22N2O7.C20H20N2O7.I3.I2.HI/c1-14-15(2)24(35-17(4)31)25(36-23(14)13-34-16(3)30)18-7-6-8-19(11-18)26-28-21-10-9-20(27(32)33-5)12-22(21)29-26;1-22-21(29)12-5-6-13-14(8-12)24-20(23-13)11-4-2-3-10(7-11)19-18(28)17(27)16(26)15(9-25)30-19;1-29-21(28)12-5-6-13-14(8-12)23-20(22-13)11-4-2-3-10(7-11)19-18(27)17(26)16(25)15(9-24)30-19;23-8-14-15(24)16(25)17(26)18(29-14)9-2-1-3-10(6-9)19-21-12-5-4-11(20(27)28)7-13(12)22-19;1-3-2;1-2;/h6-12,14-15,23-25H,13H2,1-5H3,(H,28,29);2-8,15-19,25-28H,9H2,1H3,(H,22,29)(H,23,24);2-8,15-19,24-27H,9H2,1H3,(H,22,23);1-7,14-18,23-26H,8H2,(H,21,22)(H,27,28);;;1H/q;;;;-1;;/t14-,15-,23+,24-,25+;2*15-,16-,17+,18+,19-;14-,15-,16+,17+,18-;;;/m0111.../s1. The van der Waals surface area contributed by atoms with Crippen molar-refractivity contribution in [1.82, 2.24) is 45.2 Å². The molecule has 4 saturated heterocycles. The first-order valence-electron chi connectivity index (χ1n) is 40.2. The van der Waals surface area contributed by atoms with Crippen LogP contribution >= 0.6 is 98.4 Å². The molecule has 8 aromatic carbocycles. The molecule has 18 N–H and O–H groups in total. The number of fused-ring (bicyclic) bond motifs is 4. The molecule has 0 unspecified atom stereocenters. The zero-order valence-electron chi connectivity index (χ0n) is 70.7. The number of halogens is 6. The summed E-state index contributed by atoms with van der Waals surface area (Å²) in [6, 6.07) is 48.5. The summed E-state index contributed by atoms with van der Waals surface area (Å²) < 4.78 is 43.8. The summed E-state index contributed by atoms with van der Waals surface area (Å²) >= 11 is 9.54. The number of amides is 1. The fourth-order valence-corrected chi connectivity index (χ4v) is 15.4. The number of hydrogen-bond acceptors (Lipinski definition) is 30. The average Bonchev–Trinajstić information content (AvgIpc) is 1.75. The van der Waals surface area contributed by atoms with Crippen LogP contribution in [0.3, 0.4) is 0 Å². The second-order valence-electron chi connectivity index (χ2n) is 30.6. The van der Waals surface area contributed by atoms with Crippen LogP contribution < -0.4 is 18.6 Å². The van der Waals surface area contributed by atoms with E-state index in [-0.39, 0.29) is 71.9 Å². The number of aromatic carboxylic acids is 1. The molecule has 20 atom stereocenters. The zero-order valence-corrected chi connectivity index (χ0v) is 83.8. The third-order valence-electron chi connectivity index (χ3n) is 22.4. The fourth-order valence-electron chi connectivity index (χ4n) is 15.4. The Morgan fingerprint density at radius 2 is 0.710 bits per heavy atom. The Bertz CT molecular complexity index is 5750. The Kier molecular flexibility index (Phi) is 39.0. The molecule has 36 nitrogen and oxygen atoms in total. The molecule has 0 aliphatic carbocycles. The predicted octanol–water partition coefficient (Wildman–Crippen LogP) is 6.47. The van der Waals surface area contributed by atoms with E-state index < -0.39 is 141 Å². The number of carbonyl (C=O) groups is 6. The smallest absolute Gasteiger partial charge is 0.335 e. The van der Waals surface area contributed by atoms with Crippen molar-refractivity contribution in [2.45, 2.75) is 138 Å². The van der Waals surface area contributed by atoms with Crippen LogP contribution in [0.5, 0.6) is 0 Å². The fraction of sp³-hybridized carbons (Fsp3) is 0.348. The van der Waals surface area contributed by atoms with E-state index in [4.69, 9.17) is 43.0 Å². The summed E-state index contributed by atoms with van der Waals surface area (Å²) in [5.41, 5.74) is 12.1. The number of aliphatic hydroxyl groups is 12. The van der Waals surface area contributed by atoms with Gasteiger partial charge in [-0.05, 0) is 125 Å². The maximum atomic E-state index is 11.9. The molecule has 8 heterocycles. The monoisotopic (exact) mass is 2480 g/mol. The number of aromatic amines is 4. The van der Waals surface area contributed by atoms with Gasteiger partial charge in [0.05, 0.1) is 101 Å². The van der Waals surface area contributed by atoms with Gasteiger partial charge in [-0.1, -0.05) is 86.6 Å². The number of methoxy groups -OCH3 is 2. The Balaban J connectivity index is 0.000000178. The largest absolute Gasteiger partial charge is 0.478 e. The number of nitrogens with zero attached hydrogens (tertiary/aromatic N) is 4. The van der Waals surface area contributed by atoms with Gasteiger partial charge < -0.3 is 130 Å². The van der Waals surface area contributed by atoms with E-state index >= 15 is 0 Å². The molecular formula is C89H96I6N9O27-. The van der Waals surface area contributed by atoms with Crippen LogP contribution in [-0.2, 0) is 47.5 Å². The van der Waals surface area contributed by atoms with Crippen LogP contribution in [0.15, 0.2) is 170 Å². The third kappa shape index (κ3) is 25.1. The summed E-state index contributed by atoms with van der Waals surface area (Å²) in [5, 5.41) is 131. The minimum atomic E-state index is -1.46. The van der Waals surface area contributed by atoms with Crippen LogP contribution in [0.2, 0.25) is 0 Å². The Morgan fingerprint density at radius 1 is 0.412 bits per heavy atom. The van der Waals surface area contributed by atoms with Crippen molar-refractivity contribution in [3.8, 4) is 45.6 Å². The summed E-state index contributed by atoms with van der Waals surface area (Å²) in [5.74, 6) is -0.701. The Morgan fingerprint density at radius 3 is 1.01 bits per heavy atom. The molecule has 131 heavy (non-hydrogen) atoms. The number of aliphatic hydroxyl groups excluding tert-OH is 12. The molecule has 4 aliphatic rings. The molecule has 4 aliphatic heterocycles. The summed E-state index contributed by atoms with van der Waals surface area (Å²) in [4.78, 5) is 101. The van der Waals surface area contributed by atoms with Crippen LogP contribution in [0.1, 0.15) is 116 Å². The number of carboxylic acid groups (broad SMARTS) is 1. The molecule has 4 aromatic heterocycles. The van der Waals surface area contributed by atoms with Gasteiger partial charge in [0, 0.05) is 91.9 Å². The number of imidazole rings is 4. The van der Waals surface area contributed by atoms with Gasteiger partial charge in [0.2, 0.25) is 0 Å². The van der Waals surface area contributed by atoms with Gasteiger partial charge in [-0.3, -0.25) is 14.4 Å². The second kappa shape index (κ2) is 48.6. The van der Waals surface area contributed by atoms with Gasteiger partial charge in [0.15, 0.2) is 0 Å². The van der Waals surface area contributed by atoms with E-state index in [1.807, 2.05) is 50.2 Å². The third-order valence-corrected chi connectivity index (χ3v) is 22.4. The molecule has 0 bridgehead atoms.